The van der Waals surface area contributed by atoms with E-state index in [0.717, 1.165) is 31.5 Å². The zero-order valence-electron chi connectivity index (χ0n) is 16.7. The first kappa shape index (κ1) is 18.8. The van der Waals surface area contributed by atoms with Crippen LogP contribution in [0.4, 0.5) is 5.95 Å². The number of nitrogens with zero attached hydrogens (tertiary/aromatic N) is 6. The molecular weight excluding hydrogens is 384 g/mol. The molecule has 30 heavy (non-hydrogen) atoms. The summed E-state index contributed by atoms with van der Waals surface area (Å²) in [7, 11) is 0. The second-order valence-corrected chi connectivity index (χ2v) is 7.65. The van der Waals surface area contributed by atoms with Gasteiger partial charge in [0.2, 0.25) is 11.9 Å². The third-order valence-electron chi connectivity index (χ3n) is 5.63. The number of hydrogen-bond donors (Lipinski definition) is 1. The molecule has 0 spiro atoms. The Hall–Kier alpha value is -3.20. The van der Waals surface area contributed by atoms with Crippen LogP contribution < -0.4 is 4.90 Å². The fourth-order valence-corrected chi connectivity index (χ4v) is 4.02. The predicted octanol–water partition coefficient (Wildman–Crippen LogP) is 1.66. The Morgan fingerprint density at radius 2 is 1.90 bits per heavy atom. The molecule has 4 heterocycles. The number of anilines is 1. The molecule has 9 heteroatoms. The maximum Gasteiger partial charge on any atom is 0.242 e. The number of carbonyl (C=O) groups is 1. The number of rotatable bonds is 4. The second-order valence-electron chi connectivity index (χ2n) is 7.65. The molecule has 0 radical (unpaired) electrons. The molecule has 1 aromatic carbocycles. The summed E-state index contributed by atoms with van der Waals surface area (Å²) in [6, 6.07) is 6.96. The monoisotopic (exact) mass is 408 g/mol. The molecule has 1 N–H and O–H groups in total. The Balaban J connectivity index is 1.59. The first-order valence-corrected chi connectivity index (χ1v) is 10.3. The molecule has 0 saturated carbocycles. The van der Waals surface area contributed by atoms with Crippen LogP contribution in [-0.4, -0.2) is 74.8 Å². The third-order valence-corrected chi connectivity index (χ3v) is 5.63. The maximum atomic E-state index is 12.7. The highest BCUT2D eigenvalue weighted by molar-refractivity contribution is 5.89. The molecule has 2 fully saturated rings. The van der Waals surface area contributed by atoms with Gasteiger partial charge in [0.1, 0.15) is 23.5 Å². The summed E-state index contributed by atoms with van der Waals surface area (Å²) in [5.74, 6) is 0.826. The lowest BCUT2D eigenvalue weighted by Crippen LogP contribution is -2.37. The molecule has 2 saturated heterocycles. The van der Waals surface area contributed by atoms with Gasteiger partial charge in [-0.3, -0.25) is 4.79 Å². The van der Waals surface area contributed by atoms with Crippen LogP contribution in [-0.2, 0) is 16.1 Å². The maximum absolute atomic E-state index is 12.7. The van der Waals surface area contributed by atoms with Crippen molar-refractivity contribution in [2.75, 3.05) is 44.3 Å². The molecule has 0 aliphatic carbocycles. The van der Waals surface area contributed by atoms with E-state index in [9.17, 15) is 9.90 Å². The summed E-state index contributed by atoms with van der Waals surface area (Å²) >= 11 is 0. The number of hydrogen-bond acceptors (Lipinski definition) is 7. The number of phenolic OH excluding ortho intramolecular Hbond substituents is 1. The SMILES string of the molecule is O=C(Cn1cnc2c(-c3cccc(O)c3)nc(N3CCOCC3)nc21)N1CCCC1. The number of aromatic hydroxyl groups is 1. The topological polar surface area (TPSA) is 96.6 Å². The van der Waals surface area contributed by atoms with Crippen molar-refractivity contribution < 1.29 is 14.6 Å². The number of imidazole rings is 1. The van der Waals surface area contributed by atoms with Crippen molar-refractivity contribution in [1.29, 1.82) is 0 Å². The Morgan fingerprint density at radius 1 is 1.10 bits per heavy atom. The molecule has 156 valence electrons. The molecule has 5 rings (SSSR count). The van der Waals surface area contributed by atoms with Gasteiger partial charge < -0.3 is 24.2 Å². The first-order chi connectivity index (χ1) is 14.7. The Labute approximate surface area is 173 Å². The molecule has 2 aliphatic heterocycles. The summed E-state index contributed by atoms with van der Waals surface area (Å²) in [5, 5.41) is 9.96. The zero-order chi connectivity index (χ0) is 20.5. The molecular formula is C21H24N6O3. The molecule has 0 atom stereocenters. The van der Waals surface area contributed by atoms with E-state index in [-0.39, 0.29) is 18.2 Å². The van der Waals surface area contributed by atoms with Gasteiger partial charge >= 0.3 is 0 Å². The van der Waals surface area contributed by atoms with Crippen LogP contribution in [0.15, 0.2) is 30.6 Å². The van der Waals surface area contributed by atoms with Crippen LogP contribution in [0, 0.1) is 0 Å². The summed E-state index contributed by atoms with van der Waals surface area (Å²) in [6.07, 6.45) is 3.77. The van der Waals surface area contributed by atoms with E-state index in [2.05, 4.69) is 9.88 Å². The van der Waals surface area contributed by atoms with Crippen molar-refractivity contribution >= 4 is 23.0 Å². The lowest BCUT2D eigenvalue weighted by Gasteiger charge is -2.27. The molecule has 1 amide bonds. The minimum absolute atomic E-state index is 0.0808. The van der Waals surface area contributed by atoms with E-state index in [4.69, 9.17) is 14.7 Å². The van der Waals surface area contributed by atoms with Crippen LogP contribution in [0.5, 0.6) is 5.75 Å². The Morgan fingerprint density at radius 3 is 2.67 bits per heavy atom. The summed E-state index contributed by atoms with van der Waals surface area (Å²) in [4.78, 5) is 30.8. The van der Waals surface area contributed by atoms with Gasteiger partial charge in [-0.1, -0.05) is 12.1 Å². The van der Waals surface area contributed by atoms with Gasteiger partial charge in [-0.15, -0.1) is 0 Å². The number of morpholine rings is 1. The van der Waals surface area contributed by atoms with Crippen molar-refractivity contribution in [3.05, 3.63) is 30.6 Å². The highest BCUT2D eigenvalue weighted by Crippen LogP contribution is 2.29. The standard InChI is InChI=1S/C21H24N6O3/c28-16-5-3-4-15(12-16)18-19-20(24-21(23-18)26-8-10-30-11-9-26)27(14-22-19)13-17(29)25-6-1-2-7-25/h3-5,12,14,28H,1-2,6-11,13H2. The van der Waals surface area contributed by atoms with E-state index in [1.165, 1.54) is 0 Å². The summed E-state index contributed by atoms with van der Waals surface area (Å²) in [5.41, 5.74) is 2.64. The van der Waals surface area contributed by atoms with Crippen LogP contribution in [0.25, 0.3) is 22.4 Å². The number of carbonyl (C=O) groups excluding carboxylic acids is 1. The average Bonchev–Trinajstić information content (AvgIpc) is 3.44. The second kappa shape index (κ2) is 7.91. The van der Waals surface area contributed by atoms with E-state index in [0.29, 0.717) is 49.1 Å². The molecule has 3 aromatic rings. The summed E-state index contributed by atoms with van der Waals surface area (Å²) < 4.78 is 7.26. The number of amides is 1. The van der Waals surface area contributed by atoms with Crippen molar-refractivity contribution in [3.8, 4) is 17.0 Å². The van der Waals surface area contributed by atoms with E-state index in [1.54, 1.807) is 29.1 Å². The number of likely N-dealkylation sites (tertiary alicyclic amines) is 1. The number of ether oxygens (including phenoxy) is 1. The average molecular weight is 408 g/mol. The fraction of sp³-hybridized carbons (Fsp3) is 0.429. The molecule has 9 nitrogen and oxygen atoms in total. The lowest BCUT2D eigenvalue weighted by atomic mass is 10.1. The van der Waals surface area contributed by atoms with Crippen molar-refractivity contribution in [2.24, 2.45) is 0 Å². The highest BCUT2D eigenvalue weighted by atomic mass is 16.5. The van der Waals surface area contributed by atoms with Gasteiger partial charge in [0.25, 0.3) is 0 Å². The minimum atomic E-state index is 0.0808. The van der Waals surface area contributed by atoms with E-state index >= 15 is 0 Å². The van der Waals surface area contributed by atoms with Gasteiger partial charge in [-0.2, -0.15) is 4.98 Å². The van der Waals surface area contributed by atoms with Crippen LogP contribution in [0.3, 0.4) is 0 Å². The molecule has 2 aromatic heterocycles. The van der Waals surface area contributed by atoms with Crippen LogP contribution >= 0.6 is 0 Å². The normalized spacial score (nSPS) is 17.1. The largest absolute Gasteiger partial charge is 0.508 e. The predicted molar refractivity (Wildman–Crippen MR) is 111 cm³/mol. The molecule has 2 aliphatic rings. The van der Waals surface area contributed by atoms with Gasteiger partial charge in [0.05, 0.1) is 19.5 Å². The van der Waals surface area contributed by atoms with Crippen molar-refractivity contribution in [2.45, 2.75) is 19.4 Å². The van der Waals surface area contributed by atoms with Crippen molar-refractivity contribution in [1.82, 2.24) is 24.4 Å². The molecule has 0 bridgehead atoms. The quantitative estimate of drug-likeness (QED) is 0.701. The number of aromatic nitrogens is 4. The fourth-order valence-electron chi connectivity index (χ4n) is 4.02. The first-order valence-electron chi connectivity index (χ1n) is 10.3. The highest BCUT2D eigenvalue weighted by Gasteiger charge is 2.23. The molecule has 0 unspecified atom stereocenters. The number of benzene rings is 1. The van der Waals surface area contributed by atoms with Crippen LogP contribution in [0.2, 0.25) is 0 Å². The lowest BCUT2D eigenvalue weighted by molar-refractivity contribution is -0.130. The zero-order valence-corrected chi connectivity index (χ0v) is 16.7. The Kier molecular flexibility index (Phi) is 4.96. The van der Waals surface area contributed by atoms with Gasteiger partial charge in [-0.05, 0) is 25.0 Å². The van der Waals surface area contributed by atoms with Crippen molar-refractivity contribution in [3.63, 3.8) is 0 Å². The minimum Gasteiger partial charge on any atom is -0.508 e. The number of fused-ring (bicyclic) bond motifs is 1. The van der Waals surface area contributed by atoms with Gasteiger partial charge in [0, 0.05) is 31.7 Å². The third kappa shape index (κ3) is 3.56. The van der Waals surface area contributed by atoms with Gasteiger partial charge in [-0.25, -0.2) is 9.97 Å². The van der Waals surface area contributed by atoms with E-state index in [1.807, 2.05) is 11.0 Å². The van der Waals surface area contributed by atoms with Gasteiger partial charge in [0.15, 0.2) is 5.65 Å². The summed E-state index contributed by atoms with van der Waals surface area (Å²) in [6.45, 7) is 4.47. The Bertz CT molecular complexity index is 1070. The van der Waals surface area contributed by atoms with E-state index < -0.39 is 0 Å². The number of phenols is 1. The smallest absolute Gasteiger partial charge is 0.242 e. The van der Waals surface area contributed by atoms with Crippen LogP contribution in [0.1, 0.15) is 12.8 Å².